The summed E-state index contributed by atoms with van der Waals surface area (Å²) in [5, 5.41) is 0. The Kier molecular flexibility index (Phi) is 3.63. The van der Waals surface area contributed by atoms with Crippen LogP contribution >= 0.6 is 0 Å². The van der Waals surface area contributed by atoms with Gasteiger partial charge in [0.25, 0.3) is 0 Å². The highest BCUT2D eigenvalue weighted by molar-refractivity contribution is 5.80. The normalized spacial score (nSPS) is 52.5. The summed E-state index contributed by atoms with van der Waals surface area (Å²) in [4.78, 5) is 24.4. The van der Waals surface area contributed by atoms with Gasteiger partial charge in [0.15, 0.2) is 17.5 Å². The Bertz CT molecular complexity index is 564. The standard InChI is InChI=1S/C18H26O6/c1-5-10-20-14(19)17(4)13-7-6-11(2)12-8-9-16(3)21-15(22-17)18(12,13)24-23-16/h5,11-13,15H,1,6-10H2,2-4H3/t11-,12?,13+,15+,16+,17+,18-/m1/s1. The van der Waals surface area contributed by atoms with Crippen molar-refractivity contribution in [1.29, 1.82) is 0 Å². The van der Waals surface area contributed by atoms with Gasteiger partial charge in [0, 0.05) is 12.3 Å². The van der Waals surface area contributed by atoms with Gasteiger partial charge in [-0.05, 0) is 44.9 Å². The van der Waals surface area contributed by atoms with Crippen molar-refractivity contribution in [3.63, 3.8) is 0 Å². The average Bonchev–Trinajstić information content (AvgIpc) is 2.64. The Hall–Kier alpha value is -0.950. The second kappa shape index (κ2) is 5.27. The number of hydrogen-bond acceptors (Lipinski definition) is 6. The number of carbonyl (C=O) groups excluding carboxylic acids is 1. The van der Waals surface area contributed by atoms with E-state index in [2.05, 4.69) is 13.5 Å². The van der Waals surface area contributed by atoms with E-state index in [0.29, 0.717) is 5.92 Å². The third-order valence-electron chi connectivity index (χ3n) is 6.47. The Morgan fingerprint density at radius 3 is 2.79 bits per heavy atom. The minimum absolute atomic E-state index is 0.156. The van der Waals surface area contributed by atoms with Crippen molar-refractivity contribution in [3.8, 4) is 0 Å². The lowest BCUT2D eigenvalue weighted by Gasteiger charge is -2.50. The van der Waals surface area contributed by atoms with E-state index >= 15 is 0 Å². The fraction of sp³-hybridized carbons (Fsp3) is 0.833. The fourth-order valence-corrected chi connectivity index (χ4v) is 5.18. The van der Waals surface area contributed by atoms with Crippen molar-refractivity contribution in [1.82, 2.24) is 0 Å². The van der Waals surface area contributed by atoms with Gasteiger partial charge in [-0.2, -0.15) is 0 Å². The van der Waals surface area contributed by atoms with Crippen LogP contribution in [0.5, 0.6) is 0 Å². The quantitative estimate of drug-likeness (QED) is 0.448. The van der Waals surface area contributed by atoms with Crippen molar-refractivity contribution in [2.24, 2.45) is 17.8 Å². The van der Waals surface area contributed by atoms with Gasteiger partial charge in [-0.25, -0.2) is 14.6 Å². The first-order valence-electron chi connectivity index (χ1n) is 8.86. The molecule has 6 heteroatoms. The molecule has 5 fully saturated rings. The van der Waals surface area contributed by atoms with E-state index in [4.69, 9.17) is 24.0 Å². The van der Waals surface area contributed by atoms with Crippen LogP contribution in [0.4, 0.5) is 0 Å². The summed E-state index contributed by atoms with van der Waals surface area (Å²) in [5.41, 5.74) is -1.84. The number of esters is 1. The lowest BCUT2D eigenvalue weighted by atomic mass is 9.60. The zero-order valence-corrected chi connectivity index (χ0v) is 14.6. The third kappa shape index (κ3) is 2.00. The molecule has 0 N–H and O–H groups in total. The molecule has 0 amide bonds. The monoisotopic (exact) mass is 338 g/mol. The molecular weight excluding hydrogens is 312 g/mol. The maximum atomic E-state index is 12.7. The zero-order chi connectivity index (χ0) is 17.2. The SMILES string of the molecule is C=CCOC(=O)[C@@]1(C)O[C@@H]2O[C@]3(C)CCC4[C@H](C)CC[C@@H]1[C@]42OO3. The highest BCUT2D eigenvalue weighted by Crippen LogP contribution is 2.63. The van der Waals surface area contributed by atoms with Crippen LogP contribution in [0.15, 0.2) is 12.7 Å². The maximum Gasteiger partial charge on any atom is 0.338 e. The summed E-state index contributed by atoms with van der Waals surface area (Å²) >= 11 is 0. The van der Waals surface area contributed by atoms with E-state index in [1.807, 2.05) is 6.92 Å². The van der Waals surface area contributed by atoms with E-state index in [9.17, 15) is 4.79 Å². The smallest absolute Gasteiger partial charge is 0.338 e. The van der Waals surface area contributed by atoms with E-state index in [1.165, 1.54) is 0 Å². The van der Waals surface area contributed by atoms with E-state index in [1.54, 1.807) is 13.0 Å². The molecule has 0 aromatic rings. The molecule has 6 nitrogen and oxygen atoms in total. The van der Waals surface area contributed by atoms with Gasteiger partial charge in [0.05, 0.1) is 0 Å². The number of rotatable bonds is 3. The topological polar surface area (TPSA) is 63.2 Å². The summed E-state index contributed by atoms with van der Waals surface area (Å²) < 4.78 is 17.7. The summed E-state index contributed by atoms with van der Waals surface area (Å²) in [6.07, 6.45) is 4.48. The molecule has 0 radical (unpaired) electrons. The second-order valence-corrected chi connectivity index (χ2v) is 7.97. The molecule has 0 aromatic heterocycles. The van der Waals surface area contributed by atoms with Gasteiger partial charge < -0.3 is 14.2 Å². The van der Waals surface area contributed by atoms with Crippen LogP contribution in [-0.2, 0) is 28.8 Å². The molecule has 1 unspecified atom stereocenters. The zero-order valence-electron chi connectivity index (χ0n) is 14.6. The van der Waals surface area contributed by atoms with Crippen molar-refractivity contribution < 1.29 is 28.8 Å². The molecule has 4 heterocycles. The summed E-state index contributed by atoms with van der Waals surface area (Å²) in [6.45, 7) is 9.66. The molecule has 1 saturated carbocycles. The maximum absolute atomic E-state index is 12.7. The van der Waals surface area contributed by atoms with Crippen molar-refractivity contribution in [2.45, 2.75) is 69.7 Å². The first-order chi connectivity index (χ1) is 11.4. The van der Waals surface area contributed by atoms with Crippen LogP contribution < -0.4 is 0 Å². The molecular formula is C18H26O6. The number of hydrogen-bond donors (Lipinski definition) is 0. The molecule has 0 aromatic carbocycles. The molecule has 5 rings (SSSR count). The Morgan fingerprint density at radius 1 is 1.25 bits per heavy atom. The van der Waals surface area contributed by atoms with Crippen LogP contribution in [0.25, 0.3) is 0 Å². The largest absolute Gasteiger partial charge is 0.459 e. The van der Waals surface area contributed by atoms with Gasteiger partial charge in [-0.3, -0.25) is 0 Å². The summed E-state index contributed by atoms with van der Waals surface area (Å²) in [6, 6.07) is 0. The van der Waals surface area contributed by atoms with Gasteiger partial charge in [-0.15, -0.1) is 0 Å². The number of fused-ring (bicyclic) bond motifs is 2. The lowest BCUT2D eigenvalue weighted by Crippen LogP contribution is -2.62. The van der Waals surface area contributed by atoms with E-state index in [0.717, 1.165) is 25.7 Å². The highest BCUT2D eigenvalue weighted by atomic mass is 17.3. The molecule has 4 aliphatic heterocycles. The molecule has 2 bridgehead atoms. The van der Waals surface area contributed by atoms with Crippen LogP contribution in [0.2, 0.25) is 0 Å². The second-order valence-electron chi connectivity index (χ2n) is 7.97. The Labute approximate surface area is 142 Å². The van der Waals surface area contributed by atoms with Gasteiger partial charge in [0.1, 0.15) is 6.61 Å². The van der Waals surface area contributed by atoms with E-state index < -0.39 is 23.3 Å². The summed E-state index contributed by atoms with van der Waals surface area (Å²) in [7, 11) is 0. The minimum atomic E-state index is -1.10. The van der Waals surface area contributed by atoms with Crippen molar-refractivity contribution >= 4 is 5.97 Å². The molecule has 24 heavy (non-hydrogen) atoms. The molecule has 5 aliphatic rings. The molecule has 134 valence electrons. The van der Waals surface area contributed by atoms with Crippen LogP contribution in [-0.4, -0.2) is 35.9 Å². The van der Waals surface area contributed by atoms with E-state index in [-0.39, 0.29) is 24.4 Å². The third-order valence-corrected chi connectivity index (χ3v) is 6.47. The lowest BCUT2D eigenvalue weighted by molar-refractivity contribution is -0.541. The molecule has 4 saturated heterocycles. The Morgan fingerprint density at radius 2 is 2.04 bits per heavy atom. The minimum Gasteiger partial charge on any atom is -0.459 e. The van der Waals surface area contributed by atoms with Crippen molar-refractivity contribution in [2.75, 3.05) is 6.61 Å². The molecule has 1 spiro atoms. The number of carbonyl (C=O) groups is 1. The van der Waals surface area contributed by atoms with Gasteiger partial charge >= 0.3 is 5.97 Å². The van der Waals surface area contributed by atoms with Gasteiger partial charge in [0.2, 0.25) is 5.79 Å². The first kappa shape index (κ1) is 16.5. The van der Waals surface area contributed by atoms with Gasteiger partial charge in [-0.1, -0.05) is 19.6 Å². The predicted octanol–water partition coefficient (Wildman–Crippen LogP) is 2.72. The predicted molar refractivity (Wildman–Crippen MR) is 83.4 cm³/mol. The Balaban J connectivity index is 1.75. The number of ether oxygens (including phenoxy) is 3. The van der Waals surface area contributed by atoms with Crippen LogP contribution in [0, 0.1) is 17.8 Å². The molecule has 1 aliphatic carbocycles. The fourth-order valence-electron chi connectivity index (χ4n) is 5.18. The first-order valence-corrected chi connectivity index (χ1v) is 8.86. The average molecular weight is 338 g/mol. The van der Waals surface area contributed by atoms with Crippen LogP contribution in [0.1, 0.15) is 46.5 Å². The molecule has 7 atom stereocenters. The van der Waals surface area contributed by atoms with Crippen LogP contribution in [0.3, 0.4) is 0 Å². The van der Waals surface area contributed by atoms with Crippen molar-refractivity contribution in [3.05, 3.63) is 12.7 Å². The summed E-state index contributed by atoms with van der Waals surface area (Å²) in [5.74, 6) is -0.667. The highest BCUT2D eigenvalue weighted by Gasteiger charge is 2.76.